The molecule has 0 aromatic heterocycles. The van der Waals surface area contributed by atoms with Gasteiger partial charge in [0.05, 0.1) is 19.3 Å². The predicted molar refractivity (Wildman–Crippen MR) is 75.1 cm³/mol. The van der Waals surface area contributed by atoms with Crippen LogP contribution < -0.4 is 15.2 Å². The van der Waals surface area contributed by atoms with Crippen LogP contribution in [0.3, 0.4) is 0 Å². The molecule has 1 aromatic rings. The van der Waals surface area contributed by atoms with Gasteiger partial charge in [-0.25, -0.2) is 0 Å². The molecule has 0 amide bonds. The number of nitrogens with zero attached hydrogens (tertiary/aromatic N) is 1. The molecule has 0 heterocycles. The second kappa shape index (κ2) is 7.51. The van der Waals surface area contributed by atoms with E-state index in [-0.39, 0.29) is 5.84 Å². The maximum Gasteiger partial charge on any atom is 0.173 e. The standard InChI is InChI=1S/C14H22N2O3/c1-4-5-10(2)9-19-13-8-11(18-3)6-7-12(13)14(15)16-17/h6-8,10,17H,4-5,9H2,1-3H3,(H2,15,16). The summed E-state index contributed by atoms with van der Waals surface area (Å²) in [5, 5.41) is 11.8. The first-order chi connectivity index (χ1) is 9.12. The summed E-state index contributed by atoms with van der Waals surface area (Å²) in [5.41, 5.74) is 6.19. The molecule has 19 heavy (non-hydrogen) atoms. The number of amidine groups is 1. The highest BCUT2D eigenvalue weighted by Crippen LogP contribution is 2.25. The number of ether oxygens (including phenoxy) is 2. The summed E-state index contributed by atoms with van der Waals surface area (Å²) in [6.45, 7) is 4.86. The Labute approximate surface area is 114 Å². The SMILES string of the molecule is CCCC(C)COc1cc(OC)ccc1/C(N)=N/O. The van der Waals surface area contributed by atoms with Gasteiger partial charge in [-0.2, -0.15) is 0 Å². The number of methoxy groups -OCH3 is 1. The Hall–Kier alpha value is -1.91. The van der Waals surface area contributed by atoms with Gasteiger partial charge in [0.25, 0.3) is 0 Å². The number of hydrogen-bond acceptors (Lipinski definition) is 4. The molecule has 0 bridgehead atoms. The van der Waals surface area contributed by atoms with Crippen LogP contribution >= 0.6 is 0 Å². The van der Waals surface area contributed by atoms with Crippen LogP contribution in [0, 0.1) is 5.92 Å². The summed E-state index contributed by atoms with van der Waals surface area (Å²) in [4.78, 5) is 0. The average molecular weight is 266 g/mol. The van der Waals surface area contributed by atoms with Gasteiger partial charge in [-0.15, -0.1) is 0 Å². The molecule has 0 radical (unpaired) electrons. The zero-order chi connectivity index (χ0) is 14.3. The molecule has 0 aliphatic heterocycles. The minimum absolute atomic E-state index is 0.0285. The summed E-state index contributed by atoms with van der Waals surface area (Å²) in [7, 11) is 1.59. The number of rotatable bonds is 7. The van der Waals surface area contributed by atoms with E-state index in [0.717, 1.165) is 12.8 Å². The van der Waals surface area contributed by atoms with Gasteiger partial charge in [0.2, 0.25) is 0 Å². The minimum atomic E-state index is 0.0285. The molecule has 0 aliphatic carbocycles. The van der Waals surface area contributed by atoms with Crippen LogP contribution in [-0.4, -0.2) is 24.8 Å². The van der Waals surface area contributed by atoms with Gasteiger partial charge in [0.15, 0.2) is 5.84 Å². The zero-order valence-electron chi connectivity index (χ0n) is 11.7. The molecule has 3 N–H and O–H groups in total. The fourth-order valence-electron chi connectivity index (χ4n) is 1.82. The Balaban J connectivity index is 2.89. The van der Waals surface area contributed by atoms with Gasteiger partial charge in [-0.3, -0.25) is 0 Å². The number of nitrogens with two attached hydrogens (primary N) is 1. The third-order valence-corrected chi connectivity index (χ3v) is 2.88. The Morgan fingerprint density at radius 3 is 2.79 bits per heavy atom. The fourth-order valence-corrected chi connectivity index (χ4v) is 1.82. The molecule has 0 aliphatic rings. The highest BCUT2D eigenvalue weighted by Gasteiger charge is 2.11. The average Bonchev–Trinajstić information content (AvgIpc) is 2.44. The second-order valence-corrected chi connectivity index (χ2v) is 4.55. The molecule has 1 unspecified atom stereocenters. The summed E-state index contributed by atoms with van der Waals surface area (Å²) in [6.07, 6.45) is 2.22. The first-order valence-corrected chi connectivity index (χ1v) is 6.41. The van der Waals surface area contributed by atoms with E-state index in [9.17, 15) is 0 Å². The van der Waals surface area contributed by atoms with Gasteiger partial charge >= 0.3 is 0 Å². The van der Waals surface area contributed by atoms with Crippen molar-refractivity contribution in [1.29, 1.82) is 0 Å². The van der Waals surface area contributed by atoms with Crippen LogP contribution in [0.1, 0.15) is 32.3 Å². The van der Waals surface area contributed by atoms with Crippen molar-refractivity contribution >= 4 is 5.84 Å². The van der Waals surface area contributed by atoms with Crippen molar-refractivity contribution < 1.29 is 14.7 Å². The molecule has 0 saturated carbocycles. The topological polar surface area (TPSA) is 77.1 Å². The first-order valence-electron chi connectivity index (χ1n) is 6.41. The Kier molecular flexibility index (Phi) is 5.99. The quantitative estimate of drug-likeness (QED) is 0.344. The van der Waals surface area contributed by atoms with Crippen LogP contribution in [0.4, 0.5) is 0 Å². The highest BCUT2D eigenvalue weighted by molar-refractivity contribution is 5.99. The van der Waals surface area contributed by atoms with Crippen LogP contribution in [-0.2, 0) is 0 Å². The minimum Gasteiger partial charge on any atom is -0.497 e. The van der Waals surface area contributed by atoms with Crippen molar-refractivity contribution in [2.24, 2.45) is 16.8 Å². The van der Waals surface area contributed by atoms with Gasteiger partial charge in [0.1, 0.15) is 11.5 Å². The zero-order valence-corrected chi connectivity index (χ0v) is 11.7. The molecule has 0 saturated heterocycles. The van der Waals surface area contributed by atoms with Crippen LogP contribution in [0.25, 0.3) is 0 Å². The van der Waals surface area contributed by atoms with Crippen molar-refractivity contribution in [2.45, 2.75) is 26.7 Å². The van der Waals surface area contributed by atoms with Crippen molar-refractivity contribution in [1.82, 2.24) is 0 Å². The smallest absolute Gasteiger partial charge is 0.173 e. The van der Waals surface area contributed by atoms with E-state index in [1.54, 1.807) is 25.3 Å². The third kappa shape index (κ3) is 4.35. The fraction of sp³-hybridized carbons (Fsp3) is 0.500. The van der Waals surface area contributed by atoms with E-state index in [0.29, 0.717) is 29.6 Å². The van der Waals surface area contributed by atoms with Crippen molar-refractivity contribution in [3.63, 3.8) is 0 Å². The lowest BCUT2D eigenvalue weighted by atomic mass is 10.1. The molecule has 1 aromatic carbocycles. The first kappa shape index (κ1) is 15.1. The predicted octanol–water partition coefficient (Wildman–Crippen LogP) is 2.60. The molecular weight excluding hydrogens is 244 g/mol. The van der Waals surface area contributed by atoms with Gasteiger partial charge < -0.3 is 20.4 Å². The lowest BCUT2D eigenvalue weighted by molar-refractivity contribution is 0.249. The molecular formula is C14H22N2O3. The normalized spacial score (nSPS) is 13.1. The molecule has 0 spiro atoms. The number of oxime groups is 1. The molecule has 106 valence electrons. The Morgan fingerprint density at radius 2 is 2.21 bits per heavy atom. The van der Waals surface area contributed by atoms with E-state index in [4.69, 9.17) is 20.4 Å². The number of benzene rings is 1. The lowest BCUT2D eigenvalue weighted by Crippen LogP contribution is -2.16. The van der Waals surface area contributed by atoms with Gasteiger partial charge in [-0.1, -0.05) is 25.4 Å². The maximum atomic E-state index is 8.78. The lowest BCUT2D eigenvalue weighted by Gasteiger charge is -2.15. The van der Waals surface area contributed by atoms with E-state index < -0.39 is 0 Å². The van der Waals surface area contributed by atoms with Crippen molar-refractivity contribution in [3.8, 4) is 11.5 Å². The molecule has 5 nitrogen and oxygen atoms in total. The Morgan fingerprint density at radius 1 is 1.47 bits per heavy atom. The monoisotopic (exact) mass is 266 g/mol. The van der Waals surface area contributed by atoms with Crippen molar-refractivity contribution in [3.05, 3.63) is 23.8 Å². The second-order valence-electron chi connectivity index (χ2n) is 4.55. The highest BCUT2D eigenvalue weighted by atomic mass is 16.5. The molecule has 1 atom stereocenters. The molecule has 1 rings (SSSR count). The summed E-state index contributed by atoms with van der Waals surface area (Å²) >= 11 is 0. The van der Waals surface area contributed by atoms with E-state index in [1.807, 2.05) is 0 Å². The van der Waals surface area contributed by atoms with E-state index >= 15 is 0 Å². The van der Waals surface area contributed by atoms with E-state index in [2.05, 4.69) is 19.0 Å². The molecule has 5 heteroatoms. The summed E-state index contributed by atoms with van der Waals surface area (Å²) < 4.78 is 10.9. The number of hydrogen-bond donors (Lipinski definition) is 2. The maximum absolute atomic E-state index is 8.78. The van der Waals surface area contributed by atoms with Crippen LogP contribution in [0.2, 0.25) is 0 Å². The van der Waals surface area contributed by atoms with Gasteiger partial charge in [-0.05, 0) is 24.5 Å². The third-order valence-electron chi connectivity index (χ3n) is 2.88. The van der Waals surface area contributed by atoms with Crippen LogP contribution in [0.15, 0.2) is 23.4 Å². The molecule has 0 fully saturated rings. The largest absolute Gasteiger partial charge is 0.497 e. The van der Waals surface area contributed by atoms with Gasteiger partial charge in [0, 0.05) is 6.07 Å². The van der Waals surface area contributed by atoms with Crippen molar-refractivity contribution in [2.75, 3.05) is 13.7 Å². The summed E-state index contributed by atoms with van der Waals surface area (Å²) in [6, 6.07) is 5.20. The van der Waals surface area contributed by atoms with Crippen LogP contribution in [0.5, 0.6) is 11.5 Å². The Bertz CT molecular complexity index is 433. The van der Waals surface area contributed by atoms with E-state index in [1.165, 1.54) is 0 Å². The summed E-state index contributed by atoms with van der Waals surface area (Å²) in [5.74, 6) is 1.72.